The number of rotatable bonds is 7. The number of carbonyl (C=O) groups is 3. The number of benzene rings is 1. The molecule has 1 fully saturated rings. The van der Waals surface area contributed by atoms with Gasteiger partial charge in [0.15, 0.2) is 0 Å². The van der Waals surface area contributed by atoms with Gasteiger partial charge in [-0.1, -0.05) is 44.2 Å². The van der Waals surface area contributed by atoms with Crippen LogP contribution in [-0.4, -0.2) is 67.0 Å². The fourth-order valence-electron chi connectivity index (χ4n) is 3.19. The third-order valence-electron chi connectivity index (χ3n) is 5.13. The molecule has 1 aliphatic rings. The molecular weight excluding hydrogens is 358 g/mol. The van der Waals surface area contributed by atoms with Crippen molar-refractivity contribution in [2.75, 3.05) is 39.3 Å². The van der Waals surface area contributed by atoms with Crippen LogP contribution in [-0.2, 0) is 19.7 Å². The summed E-state index contributed by atoms with van der Waals surface area (Å²) >= 11 is 0. The van der Waals surface area contributed by atoms with Crippen LogP contribution < -0.4 is 5.32 Å². The Hall–Kier alpha value is -2.57. The van der Waals surface area contributed by atoms with Crippen LogP contribution in [0.3, 0.4) is 0 Å². The van der Waals surface area contributed by atoms with Crippen molar-refractivity contribution in [3.8, 4) is 0 Å². The SMILES string of the molecule is CCOC(=O)N1CCN(C(=O)CNC(=O)CCC(C)(C)c2ccccc2)CC1. The van der Waals surface area contributed by atoms with Crippen LogP contribution in [0.4, 0.5) is 4.79 Å². The second-order valence-electron chi connectivity index (χ2n) is 7.59. The molecule has 1 N–H and O–H groups in total. The van der Waals surface area contributed by atoms with Crippen molar-refractivity contribution in [3.05, 3.63) is 35.9 Å². The minimum absolute atomic E-state index is 0.00992. The lowest BCUT2D eigenvalue weighted by Crippen LogP contribution is -2.52. The van der Waals surface area contributed by atoms with Crippen molar-refractivity contribution in [1.82, 2.24) is 15.1 Å². The van der Waals surface area contributed by atoms with E-state index < -0.39 is 0 Å². The molecule has 154 valence electrons. The summed E-state index contributed by atoms with van der Waals surface area (Å²) in [7, 11) is 0. The second kappa shape index (κ2) is 10.1. The van der Waals surface area contributed by atoms with Gasteiger partial charge < -0.3 is 19.9 Å². The maximum absolute atomic E-state index is 12.3. The van der Waals surface area contributed by atoms with E-state index in [0.717, 1.165) is 0 Å². The average molecular weight is 389 g/mol. The van der Waals surface area contributed by atoms with Crippen molar-refractivity contribution in [2.45, 2.75) is 39.0 Å². The van der Waals surface area contributed by atoms with Crippen molar-refractivity contribution in [2.24, 2.45) is 0 Å². The van der Waals surface area contributed by atoms with Crippen LogP contribution in [0, 0.1) is 0 Å². The average Bonchev–Trinajstić information content (AvgIpc) is 2.71. The fraction of sp³-hybridized carbons (Fsp3) is 0.571. The smallest absolute Gasteiger partial charge is 0.409 e. The van der Waals surface area contributed by atoms with Crippen LogP contribution in [0.5, 0.6) is 0 Å². The van der Waals surface area contributed by atoms with E-state index >= 15 is 0 Å². The molecule has 0 bridgehead atoms. The topological polar surface area (TPSA) is 79.0 Å². The summed E-state index contributed by atoms with van der Waals surface area (Å²) < 4.78 is 4.97. The predicted octanol–water partition coefficient (Wildman–Crippen LogP) is 2.16. The molecule has 28 heavy (non-hydrogen) atoms. The summed E-state index contributed by atoms with van der Waals surface area (Å²) in [5.74, 6) is -0.248. The van der Waals surface area contributed by atoms with Crippen LogP contribution >= 0.6 is 0 Å². The highest BCUT2D eigenvalue weighted by Gasteiger charge is 2.25. The molecule has 1 aliphatic heterocycles. The summed E-state index contributed by atoms with van der Waals surface area (Å²) in [5.41, 5.74) is 1.09. The molecule has 0 aliphatic carbocycles. The highest BCUT2D eigenvalue weighted by atomic mass is 16.6. The lowest BCUT2D eigenvalue weighted by molar-refractivity contribution is -0.134. The fourth-order valence-corrected chi connectivity index (χ4v) is 3.19. The number of piperazine rings is 1. The molecule has 7 nitrogen and oxygen atoms in total. The Morgan fingerprint density at radius 2 is 1.64 bits per heavy atom. The van der Waals surface area contributed by atoms with Gasteiger partial charge in [0.1, 0.15) is 0 Å². The Kier molecular flexibility index (Phi) is 7.84. The standard InChI is InChI=1S/C21H31N3O4/c1-4-28-20(27)24-14-12-23(13-15-24)19(26)16-22-18(25)10-11-21(2,3)17-8-6-5-7-9-17/h5-9H,4,10-16H2,1-3H3,(H,22,25). The van der Waals surface area contributed by atoms with E-state index in [4.69, 9.17) is 4.74 Å². The Labute approximate surface area is 167 Å². The molecule has 7 heteroatoms. The highest BCUT2D eigenvalue weighted by molar-refractivity contribution is 5.85. The van der Waals surface area contributed by atoms with Gasteiger partial charge >= 0.3 is 6.09 Å². The third kappa shape index (κ3) is 6.25. The lowest BCUT2D eigenvalue weighted by atomic mass is 9.80. The summed E-state index contributed by atoms with van der Waals surface area (Å²) in [6, 6.07) is 10.1. The summed E-state index contributed by atoms with van der Waals surface area (Å²) in [6.07, 6.45) is 0.727. The zero-order valence-electron chi connectivity index (χ0n) is 17.1. The number of ether oxygens (including phenoxy) is 1. The van der Waals surface area contributed by atoms with Crippen molar-refractivity contribution in [1.29, 1.82) is 0 Å². The number of hydrogen-bond donors (Lipinski definition) is 1. The van der Waals surface area contributed by atoms with Crippen LogP contribution in [0.2, 0.25) is 0 Å². The third-order valence-corrected chi connectivity index (χ3v) is 5.13. The summed E-state index contributed by atoms with van der Waals surface area (Å²) in [5, 5.41) is 2.72. The van der Waals surface area contributed by atoms with E-state index in [1.165, 1.54) is 5.56 Å². The predicted molar refractivity (Wildman–Crippen MR) is 107 cm³/mol. The molecule has 0 radical (unpaired) electrons. The Balaban J connectivity index is 1.70. The zero-order chi connectivity index (χ0) is 20.6. The summed E-state index contributed by atoms with van der Waals surface area (Å²) in [6.45, 7) is 8.13. The maximum atomic E-state index is 12.3. The quantitative estimate of drug-likeness (QED) is 0.775. The molecule has 1 aromatic carbocycles. The normalized spacial score (nSPS) is 14.5. The Morgan fingerprint density at radius 3 is 2.25 bits per heavy atom. The highest BCUT2D eigenvalue weighted by Crippen LogP contribution is 2.27. The largest absolute Gasteiger partial charge is 0.450 e. The van der Waals surface area contributed by atoms with E-state index in [-0.39, 0.29) is 29.9 Å². The number of amides is 3. The van der Waals surface area contributed by atoms with Gasteiger partial charge in [0, 0.05) is 32.6 Å². The minimum atomic E-state index is -0.344. The van der Waals surface area contributed by atoms with Gasteiger partial charge in [-0.15, -0.1) is 0 Å². The number of nitrogens with one attached hydrogen (secondary N) is 1. The van der Waals surface area contributed by atoms with Gasteiger partial charge in [-0.2, -0.15) is 0 Å². The molecular formula is C21H31N3O4. The number of hydrogen-bond acceptors (Lipinski definition) is 4. The molecule has 0 atom stereocenters. The maximum Gasteiger partial charge on any atom is 0.409 e. The van der Waals surface area contributed by atoms with Crippen molar-refractivity contribution < 1.29 is 19.1 Å². The van der Waals surface area contributed by atoms with E-state index in [0.29, 0.717) is 45.6 Å². The van der Waals surface area contributed by atoms with Gasteiger partial charge in [0.05, 0.1) is 13.2 Å². The molecule has 0 unspecified atom stereocenters. The van der Waals surface area contributed by atoms with E-state index in [9.17, 15) is 14.4 Å². The van der Waals surface area contributed by atoms with Gasteiger partial charge in [-0.25, -0.2) is 4.79 Å². The molecule has 1 heterocycles. The lowest BCUT2D eigenvalue weighted by Gasteiger charge is -2.34. The van der Waals surface area contributed by atoms with E-state index in [2.05, 4.69) is 31.3 Å². The molecule has 0 saturated carbocycles. The van der Waals surface area contributed by atoms with Crippen molar-refractivity contribution in [3.63, 3.8) is 0 Å². The molecule has 3 amide bonds. The Morgan fingerprint density at radius 1 is 1.04 bits per heavy atom. The number of nitrogens with zero attached hydrogens (tertiary/aromatic N) is 2. The van der Waals surface area contributed by atoms with Gasteiger partial charge in [-0.05, 0) is 24.3 Å². The second-order valence-corrected chi connectivity index (χ2v) is 7.59. The first-order valence-corrected chi connectivity index (χ1v) is 9.85. The molecule has 1 aromatic rings. The van der Waals surface area contributed by atoms with Crippen molar-refractivity contribution >= 4 is 17.9 Å². The summed E-state index contributed by atoms with van der Waals surface area (Å²) in [4.78, 5) is 39.4. The molecule has 0 aromatic heterocycles. The van der Waals surface area contributed by atoms with E-state index in [1.54, 1.807) is 16.7 Å². The van der Waals surface area contributed by atoms with E-state index in [1.807, 2.05) is 18.2 Å². The molecule has 0 spiro atoms. The number of carbonyl (C=O) groups excluding carboxylic acids is 3. The van der Waals surface area contributed by atoms with Gasteiger partial charge in [-0.3, -0.25) is 9.59 Å². The minimum Gasteiger partial charge on any atom is -0.450 e. The first kappa shape index (κ1) is 21.7. The Bertz CT molecular complexity index is 667. The zero-order valence-corrected chi connectivity index (χ0v) is 17.1. The van der Waals surface area contributed by atoms with Gasteiger partial charge in [0.25, 0.3) is 0 Å². The van der Waals surface area contributed by atoms with Crippen LogP contribution in [0.25, 0.3) is 0 Å². The molecule has 2 rings (SSSR count). The monoisotopic (exact) mass is 389 g/mol. The van der Waals surface area contributed by atoms with Gasteiger partial charge in [0.2, 0.25) is 11.8 Å². The molecule has 1 saturated heterocycles. The van der Waals surface area contributed by atoms with Crippen LogP contribution in [0.1, 0.15) is 39.2 Å². The first-order valence-electron chi connectivity index (χ1n) is 9.85. The first-order chi connectivity index (χ1) is 13.3. The van der Waals surface area contributed by atoms with Crippen LogP contribution in [0.15, 0.2) is 30.3 Å².